The average molecular weight is 464 g/mol. The molecule has 1 fully saturated rings. The normalized spacial score (nSPS) is 19.9. The molecule has 2 aromatic rings. The van der Waals surface area contributed by atoms with Crippen molar-refractivity contribution in [1.82, 2.24) is 9.80 Å². The molecule has 0 saturated carbocycles. The van der Waals surface area contributed by atoms with Gasteiger partial charge in [0.1, 0.15) is 18.1 Å². The molecule has 0 bridgehead atoms. The minimum atomic E-state index is -4.69. The Balaban J connectivity index is 1.40. The number of hydrogen-bond donors (Lipinski definition) is 1. The van der Waals surface area contributed by atoms with Gasteiger partial charge in [0, 0.05) is 38.3 Å². The molecule has 2 aliphatic heterocycles. The van der Waals surface area contributed by atoms with E-state index in [0.717, 1.165) is 48.4 Å². The van der Waals surface area contributed by atoms with Crippen molar-refractivity contribution in [3.63, 3.8) is 0 Å². The van der Waals surface area contributed by atoms with Crippen LogP contribution in [0.1, 0.15) is 29.5 Å². The second kappa shape index (κ2) is 10.0. The van der Waals surface area contributed by atoms with Gasteiger partial charge in [-0.05, 0) is 54.8 Å². The molecule has 9 heteroatoms. The van der Waals surface area contributed by atoms with Crippen LogP contribution >= 0.6 is 0 Å². The number of nitrogens with two attached hydrogens (primary N) is 1. The Morgan fingerprint density at radius 1 is 1.06 bits per heavy atom. The molecule has 1 unspecified atom stereocenters. The molecule has 2 aliphatic rings. The van der Waals surface area contributed by atoms with Crippen molar-refractivity contribution in [2.24, 2.45) is 11.7 Å². The van der Waals surface area contributed by atoms with Crippen LogP contribution in [-0.4, -0.2) is 48.3 Å². The molecule has 1 saturated heterocycles. The van der Waals surface area contributed by atoms with E-state index in [2.05, 4.69) is 26.7 Å². The number of benzene rings is 2. The average Bonchev–Trinajstić information content (AvgIpc) is 2.95. The largest absolute Gasteiger partial charge is 0.573 e. The summed E-state index contributed by atoms with van der Waals surface area (Å²) in [4.78, 5) is 16.0. The van der Waals surface area contributed by atoms with Crippen LogP contribution in [-0.2, 0) is 24.4 Å². The number of amides is 1. The molecule has 2 N–H and O–H groups in total. The third-order valence-electron chi connectivity index (χ3n) is 6.06. The smallest absolute Gasteiger partial charge is 0.492 e. The van der Waals surface area contributed by atoms with Crippen LogP contribution in [0.4, 0.5) is 13.2 Å². The number of rotatable bonds is 6. The van der Waals surface area contributed by atoms with Gasteiger partial charge in [0.05, 0.1) is 5.92 Å². The summed E-state index contributed by atoms with van der Waals surface area (Å²) < 4.78 is 47.0. The van der Waals surface area contributed by atoms with Crippen molar-refractivity contribution in [2.45, 2.75) is 38.8 Å². The van der Waals surface area contributed by atoms with E-state index in [9.17, 15) is 18.0 Å². The molecular weight excluding hydrogens is 435 g/mol. The molecule has 2 heterocycles. The van der Waals surface area contributed by atoms with E-state index in [4.69, 9.17) is 10.5 Å². The van der Waals surface area contributed by atoms with E-state index in [0.29, 0.717) is 32.8 Å². The number of carbonyl (C=O) groups excluding carboxylic acids is 1. The number of alkyl halides is 3. The zero-order chi connectivity index (χ0) is 23.4. The molecular formula is C24H28F3N3O3. The van der Waals surface area contributed by atoms with Crippen LogP contribution in [0.15, 0.2) is 42.5 Å². The Morgan fingerprint density at radius 2 is 1.79 bits per heavy atom. The summed E-state index contributed by atoms with van der Waals surface area (Å²) >= 11 is 0. The second-order valence-corrected chi connectivity index (χ2v) is 8.67. The lowest BCUT2D eigenvalue weighted by Crippen LogP contribution is -2.40. The predicted molar refractivity (Wildman–Crippen MR) is 116 cm³/mol. The number of fused-ring (bicyclic) bond motifs is 1. The third kappa shape index (κ3) is 6.61. The number of ether oxygens (including phenoxy) is 2. The van der Waals surface area contributed by atoms with Gasteiger partial charge in [0.15, 0.2) is 0 Å². The fraction of sp³-hybridized carbons (Fsp3) is 0.458. The highest BCUT2D eigenvalue weighted by atomic mass is 19.4. The van der Waals surface area contributed by atoms with Crippen molar-refractivity contribution in [3.05, 3.63) is 59.2 Å². The van der Waals surface area contributed by atoms with Crippen LogP contribution in [0.25, 0.3) is 0 Å². The maximum atomic E-state index is 12.4. The molecule has 0 spiro atoms. The Kier molecular flexibility index (Phi) is 7.09. The number of piperidine rings is 1. The summed E-state index contributed by atoms with van der Waals surface area (Å²) in [6.07, 6.45) is -2.88. The Bertz CT molecular complexity index is 966. The quantitative estimate of drug-likeness (QED) is 0.708. The summed E-state index contributed by atoms with van der Waals surface area (Å²) in [5, 5.41) is 0. The van der Waals surface area contributed by atoms with Crippen LogP contribution in [0, 0.1) is 5.92 Å². The molecule has 33 heavy (non-hydrogen) atoms. The van der Waals surface area contributed by atoms with Gasteiger partial charge in [0.25, 0.3) is 0 Å². The monoisotopic (exact) mass is 463 g/mol. The van der Waals surface area contributed by atoms with E-state index in [-0.39, 0.29) is 17.6 Å². The summed E-state index contributed by atoms with van der Waals surface area (Å²) in [6, 6.07) is 12.2. The maximum Gasteiger partial charge on any atom is 0.573 e. The fourth-order valence-electron chi connectivity index (χ4n) is 4.48. The van der Waals surface area contributed by atoms with E-state index in [1.54, 1.807) is 12.1 Å². The molecule has 0 radical (unpaired) electrons. The molecule has 0 aliphatic carbocycles. The summed E-state index contributed by atoms with van der Waals surface area (Å²) in [5.41, 5.74) is 8.62. The number of likely N-dealkylation sites (tertiary alicyclic amines) is 1. The molecule has 1 atom stereocenters. The van der Waals surface area contributed by atoms with Crippen LogP contribution in [0.3, 0.4) is 0 Å². The first-order valence-electron chi connectivity index (χ1n) is 11.1. The van der Waals surface area contributed by atoms with E-state index >= 15 is 0 Å². The van der Waals surface area contributed by atoms with Gasteiger partial charge in [-0.25, -0.2) is 0 Å². The van der Waals surface area contributed by atoms with Crippen molar-refractivity contribution in [2.75, 3.05) is 26.2 Å². The number of primary amides is 1. The Labute approximate surface area is 191 Å². The standard InChI is InChI=1S/C24H28F3N3O3/c25-24(26,27)33-21-6-3-17(4-7-21)13-30-10-11-32-22-8-5-18(12-20(22)16-30)14-29-9-1-2-19(15-29)23(28)31/h3-8,12,19H,1-2,9-11,13-16H2,(H2,28,31). The van der Waals surface area contributed by atoms with Gasteiger partial charge in [0.2, 0.25) is 5.91 Å². The van der Waals surface area contributed by atoms with Gasteiger partial charge in [-0.2, -0.15) is 0 Å². The SMILES string of the molecule is NC(=O)C1CCCN(Cc2ccc3c(c2)CN(Cc2ccc(OC(F)(F)F)cc2)CCO3)C1. The Hall–Kier alpha value is -2.78. The summed E-state index contributed by atoms with van der Waals surface area (Å²) in [6.45, 7) is 4.88. The van der Waals surface area contributed by atoms with Crippen molar-refractivity contribution < 1.29 is 27.4 Å². The lowest BCUT2D eigenvalue weighted by Gasteiger charge is -2.31. The first-order valence-corrected chi connectivity index (χ1v) is 11.1. The summed E-state index contributed by atoms with van der Waals surface area (Å²) in [5.74, 6) is 0.301. The number of carbonyl (C=O) groups is 1. The zero-order valence-electron chi connectivity index (χ0n) is 18.3. The Morgan fingerprint density at radius 3 is 2.52 bits per heavy atom. The zero-order valence-corrected chi connectivity index (χ0v) is 18.3. The number of nitrogens with zero attached hydrogens (tertiary/aromatic N) is 2. The van der Waals surface area contributed by atoms with Crippen molar-refractivity contribution in [1.29, 1.82) is 0 Å². The highest BCUT2D eigenvalue weighted by Gasteiger charge is 2.31. The number of hydrogen-bond acceptors (Lipinski definition) is 5. The number of halogens is 3. The highest BCUT2D eigenvalue weighted by molar-refractivity contribution is 5.76. The molecule has 6 nitrogen and oxygen atoms in total. The topological polar surface area (TPSA) is 68.0 Å². The fourth-order valence-corrected chi connectivity index (χ4v) is 4.48. The molecule has 1 amide bonds. The van der Waals surface area contributed by atoms with Gasteiger partial charge in [-0.15, -0.1) is 13.2 Å². The minimum Gasteiger partial charge on any atom is -0.492 e. The lowest BCUT2D eigenvalue weighted by atomic mass is 9.97. The van der Waals surface area contributed by atoms with Gasteiger partial charge < -0.3 is 15.2 Å². The lowest BCUT2D eigenvalue weighted by molar-refractivity contribution is -0.274. The maximum absolute atomic E-state index is 12.4. The van der Waals surface area contributed by atoms with Crippen LogP contribution in [0.5, 0.6) is 11.5 Å². The molecule has 2 aromatic carbocycles. The minimum absolute atomic E-state index is 0.0914. The molecule has 178 valence electrons. The van der Waals surface area contributed by atoms with Crippen LogP contribution in [0.2, 0.25) is 0 Å². The predicted octanol–water partition coefficient (Wildman–Crippen LogP) is 3.68. The first kappa shape index (κ1) is 23.4. The van der Waals surface area contributed by atoms with E-state index < -0.39 is 6.36 Å². The van der Waals surface area contributed by atoms with Gasteiger partial charge in [-0.1, -0.05) is 18.2 Å². The highest BCUT2D eigenvalue weighted by Crippen LogP contribution is 2.28. The van der Waals surface area contributed by atoms with Crippen LogP contribution < -0.4 is 15.2 Å². The van der Waals surface area contributed by atoms with E-state index in [1.807, 2.05) is 6.07 Å². The summed E-state index contributed by atoms with van der Waals surface area (Å²) in [7, 11) is 0. The van der Waals surface area contributed by atoms with Gasteiger partial charge >= 0.3 is 6.36 Å². The van der Waals surface area contributed by atoms with Crippen molar-refractivity contribution >= 4 is 5.91 Å². The first-order chi connectivity index (χ1) is 15.7. The van der Waals surface area contributed by atoms with Gasteiger partial charge in [-0.3, -0.25) is 14.6 Å². The third-order valence-corrected chi connectivity index (χ3v) is 6.06. The van der Waals surface area contributed by atoms with E-state index in [1.165, 1.54) is 12.1 Å². The molecule has 4 rings (SSSR count). The molecule has 0 aromatic heterocycles. The second-order valence-electron chi connectivity index (χ2n) is 8.67. The van der Waals surface area contributed by atoms with Crippen molar-refractivity contribution in [3.8, 4) is 11.5 Å².